The van der Waals surface area contributed by atoms with Crippen molar-refractivity contribution in [1.29, 1.82) is 0 Å². The van der Waals surface area contributed by atoms with Gasteiger partial charge < -0.3 is 16.0 Å². The van der Waals surface area contributed by atoms with Crippen LogP contribution >= 0.6 is 0 Å². The van der Waals surface area contributed by atoms with Crippen LogP contribution in [0.3, 0.4) is 0 Å². The summed E-state index contributed by atoms with van der Waals surface area (Å²) in [4.78, 5) is 23.4. The van der Waals surface area contributed by atoms with Gasteiger partial charge >= 0.3 is 0 Å². The fourth-order valence-electron chi connectivity index (χ4n) is 2.33. The summed E-state index contributed by atoms with van der Waals surface area (Å²) in [5, 5.41) is 8.62. The lowest BCUT2D eigenvalue weighted by atomic mass is 10.1. The number of nitrogens with one attached hydrogen (secondary N) is 3. The lowest BCUT2D eigenvalue weighted by Gasteiger charge is -2.23. The first-order chi connectivity index (χ1) is 10.1. The van der Waals surface area contributed by atoms with Gasteiger partial charge in [-0.3, -0.25) is 9.59 Å². The fourth-order valence-corrected chi connectivity index (χ4v) is 2.33. The van der Waals surface area contributed by atoms with E-state index >= 15 is 0 Å². The van der Waals surface area contributed by atoms with E-state index in [-0.39, 0.29) is 36.6 Å². The lowest BCUT2D eigenvalue weighted by Crippen LogP contribution is -2.48. The maximum Gasteiger partial charge on any atom is 0.239 e. The van der Waals surface area contributed by atoms with Crippen molar-refractivity contribution in [3.05, 3.63) is 35.6 Å². The standard InChI is InChI=1S/C15H20FN3O2/c16-12-4-1-3-11(7-12)8-14(20)18-10-15(21)19-13-5-2-6-17-9-13/h1,3-4,7,13,17H,2,5-6,8-10H2,(H,18,20)(H,19,21). The number of amides is 2. The first-order valence-electron chi connectivity index (χ1n) is 7.15. The average molecular weight is 293 g/mol. The summed E-state index contributed by atoms with van der Waals surface area (Å²) in [6.45, 7) is 1.70. The number of carbonyl (C=O) groups excluding carboxylic acids is 2. The van der Waals surface area contributed by atoms with Crippen molar-refractivity contribution >= 4 is 11.8 Å². The van der Waals surface area contributed by atoms with Crippen molar-refractivity contribution < 1.29 is 14.0 Å². The van der Waals surface area contributed by atoms with Crippen LogP contribution in [0.1, 0.15) is 18.4 Å². The summed E-state index contributed by atoms with van der Waals surface area (Å²) in [7, 11) is 0. The molecule has 1 saturated heterocycles. The van der Waals surface area contributed by atoms with Crippen LogP contribution in [-0.2, 0) is 16.0 Å². The van der Waals surface area contributed by atoms with Crippen LogP contribution in [-0.4, -0.2) is 37.5 Å². The SMILES string of the molecule is O=C(Cc1cccc(F)c1)NCC(=O)NC1CCCNC1. The molecule has 6 heteroatoms. The van der Waals surface area contributed by atoms with Gasteiger partial charge in [0, 0.05) is 12.6 Å². The predicted octanol–water partition coefficient (Wildman–Crippen LogP) is 0.353. The smallest absolute Gasteiger partial charge is 0.239 e. The summed E-state index contributed by atoms with van der Waals surface area (Å²) in [5.74, 6) is -0.864. The van der Waals surface area contributed by atoms with Crippen molar-refractivity contribution in [3.63, 3.8) is 0 Å². The van der Waals surface area contributed by atoms with Crippen LogP contribution in [0, 0.1) is 5.82 Å². The van der Waals surface area contributed by atoms with Crippen LogP contribution < -0.4 is 16.0 Å². The minimum atomic E-state index is -0.372. The number of rotatable bonds is 5. The molecule has 1 aliphatic heterocycles. The number of piperidine rings is 1. The van der Waals surface area contributed by atoms with Gasteiger partial charge in [-0.2, -0.15) is 0 Å². The molecule has 3 N–H and O–H groups in total. The molecule has 1 unspecified atom stereocenters. The molecule has 5 nitrogen and oxygen atoms in total. The van der Waals surface area contributed by atoms with Crippen molar-refractivity contribution in [2.24, 2.45) is 0 Å². The highest BCUT2D eigenvalue weighted by Gasteiger charge is 2.15. The fraction of sp³-hybridized carbons (Fsp3) is 0.467. The van der Waals surface area contributed by atoms with Crippen molar-refractivity contribution in [1.82, 2.24) is 16.0 Å². The number of hydrogen-bond donors (Lipinski definition) is 3. The molecule has 0 aromatic heterocycles. The third kappa shape index (κ3) is 5.51. The Hall–Kier alpha value is -1.95. The molecule has 114 valence electrons. The Balaban J connectivity index is 1.69. The second-order valence-electron chi connectivity index (χ2n) is 5.19. The molecule has 21 heavy (non-hydrogen) atoms. The minimum Gasteiger partial charge on any atom is -0.351 e. The Kier molecular flexibility index (Phi) is 5.68. The number of carbonyl (C=O) groups is 2. The predicted molar refractivity (Wildman–Crippen MR) is 77.1 cm³/mol. The number of benzene rings is 1. The Labute approximate surface area is 123 Å². The van der Waals surface area contributed by atoms with Gasteiger partial charge in [-0.15, -0.1) is 0 Å². The molecule has 1 atom stereocenters. The third-order valence-corrected chi connectivity index (χ3v) is 3.36. The Morgan fingerprint density at radius 2 is 2.19 bits per heavy atom. The second-order valence-corrected chi connectivity index (χ2v) is 5.19. The monoisotopic (exact) mass is 293 g/mol. The van der Waals surface area contributed by atoms with Crippen LogP contribution in [0.4, 0.5) is 4.39 Å². The van der Waals surface area contributed by atoms with Gasteiger partial charge in [0.25, 0.3) is 0 Å². The van der Waals surface area contributed by atoms with E-state index in [1.54, 1.807) is 12.1 Å². The molecule has 1 heterocycles. The van der Waals surface area contributed by atoms with Gasteiger partial charge in [-0.25, -0.2) is 4.39 Å². The molecule has 0 bridgehead atoms. The first kappa shape index (κ1) is 15.4. The van der Waals surface area contributed by atoms with Crippen molar-refractivity contribution in [2.45, 2.75) is 25.3 Å². The topological polar surface area (TPSA) is 70.2 Å². The molecular formula is C15H20FN3O2. The van der Waals surface area contributed by atoms with Crippen molar-refractivity contribution in [2.75, 3.05) is 19.6 Å². The minimum absolute atomic E-state index is 0.0509. The maximum atomic E-state index is 13.0. The van der Waals surface area contributed by atoms with Crippen LogP contribution in [0.15, 0.2) is 24.3 Å². The van der Waals surface area contributed by atoms with E-state index in [1.807, 2.05) is 0 Å². The number of halogens is 1. The van der Waals surface area contributed by atoms with Gasteiger partial charge in [-0.1, -0.05) is 12.1 Å². The van der Waals surface area contributed by atoms with E-state index in [0.29, 0.717) is 5.56 Å². The summed E-state index contributed by atoms with van der Waals surface area (Å²) in [5.41, 5.74) is 0.587. The van der Waals surface area contributed by atoms with E-state index < -0.39 is 0 Å². The Morgan fingerprint density at radius 1 is 1.33 bits per heavy atom. The van der Waals surface area contributed by atoms with Crippen LogP contribution in [0.5, 0.6) is 0 Å². The molecule has 1 aromatic carbocycles. The Morgan fingerprint density at radius 3 is 2.90 bits per heavy atom. The van der Waals surface area contributed by atoms with Gasteiger partial charge in [0.15, 0.2) is 0 Å². The van der Waals surface area contributed by atoms with E-state index in [1.165, 1.54) is 12.1 Å². The maximum absolute atomic E-state index is 13.0. The molecular weight excluding hydrogens is 273 g/mol. The van der Waals surface area contributed by atoms with Gasteiger partial charge in [0.1, 0.15) is 5.82 Å². The molecule has 0 spiro atoms. The molecule has 2 rings (SSSR count). The molecule has 2 amide bonds. The van der Waals surface area contributed by atoms with Crippen LogP contribution in [0.2, 0.25) is 0 Å². The van der Waals surface area contributed by atoms with E-state index in [2.05, 4.69) is 16.0 Å². The van der Waals surface area contributed by atoms with E-state index in [9.17, 15) is 14.0 Å². The molecule has 1 aliphatic rings. The third-order valence-electron chi connectivity index (χ3n) is 3.36. The van der Waals surface area contributed by atoms with Gasteiger partial charge in [0.2, 0.25) is 11.8 Å². The lowest BCUT2D eigenvalue weighted by molar-refractivity contribution is -0.126. The zero-order valence-corrected chi connectivity index (χ0v) is 11.8. The van der Waals surface area contributed by atoms with E-state index in [4.69, 9.17) is 0 Å². The highest BCUT2D eigenvalue weighted by molar-refractivity contribution is 5.85. The zero-order chi connectivity index (χ0) is 15.1. The first-order valence-corrected chi connectivity index (χ1v) is 7.15. The summed E-state index contributed by atoms with van der Waals surface area (Å²) in [6, 6.07) is 6.00. The van der Waals surface area contributed by atoms with Gasteiger partial charge in [-0.05, 0) is 37.1 Å². The summed E-state index contributed by atoms with van der Waals surface area (Å²) in [6.07, 6.45) is 2.06. The summed E-state index contributed by atoms with van der Waals surface area (Å²) >= 11 is 0. The van der Waals surface area contributed by atoms with Gasteiger partial charge in [0.05, 0.1) is 13.0 Å². The highest BCUT2D eigenvalue weighted by Crippen LogP contribution is 2.04. The average Bonchev–Trinajstić information content (AvgIpc) is 2.46. The summed E-state index contributed by atoms with van der Waals surface area (Å²) < 4.78 is 13.0. The number of hydrogen-bond acceptors (Lipinski definition) is 3. The molecule has 0 radical (unpaired) electrons. The molecule has 0 aliphatic carbocycles. The normalized spacial score (nSPS) is 18.0. The highest BCUT2D eigenvalue weighted by atomic mass is 19.1. The van der Waals surface area contributed by atoms with Crippen LogP contribution in [0.25, 0.3) is 0 Å². The molecule has 0 saturated carbocycles. The Bertz CT molecular complexity index is 501. The largest absolute Gasteiger partial charge is 0.351 e. The van der Waals surface area contributed by atoms with Crippen molar-refractivity contribution in [3.8, 4) is 0 Å². The quantitative estimate of drug-likeness (QED) is 0.734. The zero-order valence-electron chi connectivity index (χ0n) is 11.8. The van der Waals surface area contributed by atoms with E-state index in [0.717, 1.165) is 25.9 Å². The second kappa shape index (κ2) is 7.73. The molecule has 1 fully saturated rings. The molecule has 1 aromatic rings.